The lowest BCUT2D eigenvalue weighted by Crippen LogP contribution is -2.23. The zero-order valence-corrected chi connectivity index (χ0v) is 12.5. The first-order valence-corrected chi connectivity index (χ1v) is 7.07. The topological polar surface area (TPSA) is 95.9 Å². The number of nitrogens with one attached hydrogen (secondary N) is 1. The molecule has 0 spiro atoms. The highest BCUT2D eigenvalue weighted by atomic mass is 16.5. The molecule has 0 amide bonds. The van der Waals surface area contributed by atoms with Crippen LogP contribution in [0.1, 0.15) is 28.9 Å². The fraction of sp³-hybridized carbons (Fsp3) is 0.176. The zero-order valence-electron chi connectivity index (χ0n) is 12.5. The van der Waals surface area contributed by atoms with Gasteiger partial charge in [-0.15, -0.1) is 0 Å². The molecule has 2 aromatic rings. The first kappa shape index (κ1) is 16.4. The van der Waals surface area contributed by atoms with Crippen molar-refractivity contribution in [3.63, 3.8) is 0 Å². The number of benzene rings is 2. The molecule has 2 aromatic carbocycles. The number of carbonyl (C=O) groups is 2. The minimum atomic E-state index is -1.22. The van der Waals surface area contributed by atoms with Gasteiger partial charge in [-0.05, 0) is 24.6 Å². The number of aromatic carboxylic acids is 1. The van der Waals surface area contributed by atoms with Crippen LogP contribution in [0.3, 0.4) is 0 Å². The molecule has 120 valence electrons. The highest BCUT2D eigenvalue weighted by Gasteiger charge is 2.22. The first-order valence-electron chi connectivity index (χ1n) is 7.07. The van der Waals surface area contributed by atoms with Gasteiger partial charge in [0.25, 0.3) is 0 Å². The van der Waals surface area contributed by atoms with Crippen molar-refractivity contribution in [2.75, 3.05) is 11.9 Å². The van der Waals surface area contributed by atoms with E-state index >= 15 is 0 Å². The molecule has 1 unspecified atom stereocenters. The Hall–Kier alpha value is -3.02. The average Bonchev–Trinajstić information content (AvgIpc) is 2.53. The monoisotopic (exact) mass is 315 g/mol. The molecule has 0 heterocycles. The molecule has 23 heavy (non-hydrogen) atoms. The molecule has 1 atom stereocenters. The minimum absolute atomic E-state index is 0.206. The fourth-order valence-corrected chi connectivity index (χ4v) is 2.12. The van der Waals surface area contributed by atoms with Gasteiger partial charge in [-0.2, -0.15) is 0 Å². The second kappa shape index (κ2) is 7.31. The maximum atomic E-state index is 12.2. The van der Waals surface area contributed by atoms with Crippen molar-refractivity contribution in [1.82, 2.24) is 0 Å². The Kier molecular flexibility index (Phi) is 5.19. The average molecular weight is 315 g/mol. The molecular formula is C17H17NO5. The van der Waals surface area contributed by atoms with Gasteiger partial charge in [0.2, 0.25) is 0 Å². The van der Waals surface area contributed by atoms with Gasteiger partial charge in [-0.1, -0.05) is 30.3 Å². The molecule has 0 aliphatic heterocycles. The number of carbonyl (C=O) groups excluding carboxylic acids is 1. The predicted octanol–water partition coefficient (Wildman–Crippen LogP) is 2.81. The number of hydrogen-bond donors (Lipinski definition) is 3. The van der Waals surface area contributed by atoms with Crippen molar-refractivity contribution < 1.29 is 24.5 Å². The molecule has 0 saturated carbocycles. The summed E-state index contributed by atoms with van der Waals surface area (Å²) in [6, 6.07) is 12.2. The molecule has 3 N–H and O–H groups in total. The van der Waals surface area contributed by atoms with Crippen LogP contribution < -0.4 is 5.32 Å². The smallest absolute Gasteiger partial charge is 0.339 e. The number of hydrogen-bond acceptors (Lipinski definition) is 5. The number of anilines is 1. The van der Waals surface area contributed by atoms with Gasteiger partial charge in [0.05, 0.1) is 6.61 Å². The molecule has 0 saturated heterocycles. The molecule has 0 aliphatic rings. The number of rotatable bonds is 6. The summed E-state index contributed by atoms with van der Waals surface area (Å²) in [4.78, 5) is 23.1. The number of carboxylic acid groups (broad SMARTS) is 1. The van der Waals surface area contributed by atoms with Gasteiger partial charge in [0.1, 0.15) is 11.3 Å². The molecule has 0 aromatic heterocycles. The van der Waals surface area contributed by atoms with Crippen LogP contribution >= 0.6 is 0 Å². The molecule has 0 radical (unpaired) electrons. The highest BCUT2D eigenvalue weighted by molar-refractivity contribution is 5.91. The van der Waals surface area contributed by atoms with E-state index in [4.69, 9.17) is 9.84 Å². The number of esters is 1. The molecule has 0 fully saturated rings. The van der Waals surface area contributed by atoms with E-state index in [-0.39, 0.29) is 17.9 Å². The molecular weight excluding hydrogens is 298 g/mol. The maximum Gasteiger partial charge on any atom is 0.339 e. The van der Waals surface area contributed by atoms with E-state index in [1.54, 1.807) is 31.2 Å². The van der Waals surface area contributed by atoms with Crippen molar-refractivity contribution in [1.29, 1.82) is 0 Å². The van der Waals surface area contributed by atoms with Gasteiger partial charge in [0, 0.05) is 11.8 Å². The molecule has 6 nitrogen and oxygen atoms in total. The van der Waals surface area contributed by atoms with Crippen LogP contribution in [0, 0.1) is 0 Å². The van der Waals surface area contributed by atoms with Crippen LogP contribution in [0.25, 0.3) is 0 Å². The van der Waals surface area contributed by atoms with E-state index in [9.17, 15) is 14.7 Å². The van der Waals surface area contributed by atoms with Crippen LogP contribution in [0.4, 0.5) is 5.69 Å². The third kappa shape index (κ3) is 4.00. The highest BCUT2D eigenvalue weighted by Crippen LogP contribution is 2.26. The number of carboxylic acids is 1. The van der Waals surface area contributed by atoms with Gasteiger partial charge in [-0.3, -0.25) is 0 Å². The summed E-state index contributed by atoms with van der Waals surface area (Å²) in [7, 11) is 0. The van der Waals surface area contributed by atoms with Crippen LogP contribution in [0.2, 0.25) is 0 Å². The van der Waals surface area contributed by atoms with Gasteiger partial charge < -0.3 is 20.3 Å². The van der Waals surface area contributed by atoms with Crippen LogP contribution in [-0.4, -0.2) is 28.8 Å². The lowest BCUT2D eigenvalue weighted by Gasteiger charge is -2.19. The Labute approximate surface area is 133 Å². The van der Waals surface area contributed by atoms with E-state index in [0.29, 0.717) is 11.3 Å². The predicted molar refractivity (Wildman–Crippen MR) is 84.5 cm³/mol. The van der Waals surface area contributed by atoms with E-state index in [2.05, 4.69) is 5.32 Å². The summed E-state index contributed by atoms with van der Waals surface area (Å²) in [6.45, 7) is 1.96. The molecule has 6 heteroatoms. The Morgan fingerprint density at radius 1 is 1.17 bits per heavy atom. The number of ether oxygens (including phenoxy) is 1. The lowest BCUT2D eigenvalue weighted by atomic mass is 10.1. The summed E-state index contributed by atoms with van der Waals surface area (Å²) in [5.41, 5.74) is 0.908. The first-order chi connectivity index (χ1) is 11.0. The summed E-state index contributed by atoms with van der Waals surface area (Å²) in [5, 5.41) is 21.6. The quantitative estimate of drug-likeness (QED) is 0.709. The fourth-order valence-electron chi connectivity index (χ4n) is 2.12. The maximum absolute atomic E-state index is 12.2. The van der Waals surface area contributed by atoms with Crippen molar-refractivity contribution in [3.8, 4) is 5.75 Å². The standard InChI is InChI=1S/C17H17NO5/c1-2-23-17(22)15(11-6-4-3-5-7-11)18-12-8-9-13(16(20)21)14(19)10-12/h3-10,15,18-19H,2H2,1H3,(H,20,21). The Bertz CT molecular complexity index is 699. The second-order valence-corrected chi connectivity index (χ2v) is 4.78. The summed E-state index contributed by atoms with van der Waals surface area (Å²) in [6.07, 6.45) is 0. The summed E-state index contributed by atoms with van der Waals surface area (Å²) in [5.74, 6) is -2.06. The molecule has 0 bridgehead atoms. The minimum Gasteiger partial charge on any atom is -0.507 e. The van der Waals surface area contributed by atoms with Crippen molar-refractivity contribution in [2.24, 2.45) is 0 Å². The van der Waals surface area contributed by atoms with Gasteiger partial charge in [0.15, 0.2) is 6.04 Å². The third-order valence-corrected chi connectivity index (χ3v) is 3.19. The number of phenols is 1. The van der Waals surface area contributed by atoms with Crippen LogP contribution in [-0.2, 0) is 9.53 Å². The van der Waals surface area contributed by atoms with E-state index < -0.39 is 18.0 Å². The largest absolute Gasteiger partial charge is 0.507 e. The number of aromatic hydroxyl groups is 1. The Morgan fingerprint density at radius 3 is 2.43 bits per heavy atom. The van der Waals surface area contributed by atoms with Crippen LogP contribution in [0.15, 0.2) is 48.5 Å². The molecule has 0 aliphatic carbocycles. The van der Waals surface area contributed by atoms with Crippen molar-refractivity contribution in [2.45, 2.75) is 13.0 Å². The Morgan fingerprint density at radius 2 is 1.87 bits per heavy atom. The van der Waals surface area contributed by atoms with Crippen LogP contribution in [0.5, 0.6) is 5.75 Å². The third-order valence-electron chi connectivity index (χ3n) is 3.19. The van der Waals surface area contributed by atoms with Gasteiger partial charge >= 0.3 is 11.9 Å². The van der Waals surface area contributed by atoms with E-state index in [1.165, 1.54) is 18.2 Å². The summed E-state index contributed by atoms with van der Waals surface area (Å²) >= 11 is 0. The lowest BCUT2D eigenvalue weighted by molar-refractivity contribution is -0.144. The zero-order chi connectivity index (χ0) is 16.8. The van der Waals surface area contributed by atoms with Crippen molar-refractivity contribution in [3.05, 3.63) is 59.7 Å². The van der Waals surface area contributed by atoms with E-state index in [1.807, 2.05) is 6.07 Å². The summed E-state index contributed by atoms with van der Waals surface area (Å²) < 4.78 is 5.06. The second-order valence-electron chi connectivity index (χ2n) is 4.78. The molecule has 2 rings (SSSR count). The van der Waals surface area contributed by atoms with Crippen molar-refractivity contribution >= 4 is 17.6 Å². The SMILES string of the molecule is CCOC(=O)C(Nc1ccc(C(=O)O)c(O)c1)c1ccccc1. The van der Waals surface area contributed by atoms with E-state index in [0.717, 1.165) is 0 Å². The Balaban J connectivity index is 2.29. The van der Waals surface area contributed by atoms with Gasteiger partial charge in [-0.25, -0.2) is 9.59 Å². The normalized spacial score (nSPS) is 11.5.